The van der Waals surface area contributed by atoms with Crippen molar-refractivity contribution in [3.63, 3.8) is 0 Å². The lowest BCUT2D eigenvalue weighted by molar-refractivity contribution is -0.602. The van der Waals surface area contributed by atoms with Crippen molar-refractivity contribution in [1.29, 1.82) is 0 Å². The first-order valence-corrected chi connectivity index (χ1v) is 12.6. The van der Waals surface area contributed by atoms with E-state index in [1.165, 1.54) is 11.3 Å². The fraction of sp³-hybridized carbons (Fsp3) is 0.115. The smallest absolute Gasteiger partial charge is 0.490 e. The van der Waals surface area contributed by atoms with Crippen LogP contribution in [0.15, 0.2) is 77.6 Å². The number of carbonyl (C=O) groups excluding carboxylic acids is 2. The summed E-state index contributed by atoms with van der Waals surface area (Å²) < 4.78 is 65.0. The van der Waals surface area contributed by atoms with E-state index in [2.05, 4.69) is 15.4 Å². The van der Waals surface area contributed by atoms with Gasteiger partial charge in [-0.05, 0) is 23.6 Å². The lowest BCUT2D eigenvalue weighted by Gasteiger charge is -2.19. The Morgan fingerprint density at radius 3 is 2.12 bits per heavy atom. The van der Waals surface area contributed by atoms with E-state index in [-0.39, 0.29) is 6.03 Å². The van der Waals surface area contributed by atoms with Gasteiger partial charge in [-0.15, -0.1) is 16.0 Å². The molecule has 3 N–H and O–H groups in total. The van der Waals surface area contributed by atoms with Crippen molar-refractivity contribution >= 4 is 56.8 Å². The number of fused-ring (bicyclic) bond motifs is 2. The monoisotopic (exact) mass is 627 g/mol. The van der Waals surface area contributed by atoms with E-state index < -0.39 is 24.3 Å². The number of aromatic nitrogens is 3. The Balaban J connectivity index is 0.000000303. The molecule has 0 aliphatic rings. The van der Waals surface area contributed by atoms with Crippen molar-refractivity contribution in [2.45, 2.75) is 12.4 Å². The quantitative estimate of drug-likeness (QED) is 0.199. The average molecular weight is 628 g/mol. The maximum absolute atomic E-state index is 13.2. The molecule has 2 aromatic heterocycles. The summed E-state index contributed by atoms with van der Waals surface area (Å²) in [5.74, 6) is -5.04. The Labute approximate surface area is 241 Å². The second kappa shape index (κ2) is 13.2. The van der Waals surface area contributed by atoms with Crippen molar-refractivity contribution in [3.8, 4) is 11.5 Å². The number of benzene rings is 3. The predicted octanol–water partition coefficient (Wildman–Crippen LogP) is 4.46. The zero-order valence-electron chi connectivity index (χ0n) is 21.6. The summed E-state index contributed by atoms with van der Waals surface area (Å²) in [4.78, 5) is 40.2. The number of carbonyl (C=O) groups is 3. The van der Waals surface area contributed by atoms with Gasteiger partial charge in [-0.25, -0.2) is 19.6 Å². The molecule has 0 saturated heterocycles. The largest absolute Gasteiger partial charge is 0.542 e. The maximum Gasteiger partial charge on any atom is 0.490 e. The Hall–Kier alpha value is -5.19. The van der Waals surface area contributed by atoms with E-state index in [0.717, 1.165) is 39.0 Å². The van der Waals surface area contributed by atoms with Crippen LogP contribution in [0.2, 0.25) is 0 Å². The highest BCUT2D eigenvalue weighted by atomic mass is 32.1. The van der Waals surface area contributed by atoms with Crippen LogP contribution in [0.1, 0.15) is 0 Å². The standard InChI is InChI=1S/C22H17N5OS.2C2HF3O2/c1-26(19-12-6-8-15-7-2-3-9-16(15)19)22(28)25-27-20-11-5-4-10-17(20)24-21(27)18-13-29-14-23-18;2*3-2(4,5)1(6)7/h2-14H,1H3,(H,25,28);2*(H,6,7). The first kappa shape index (κ1) is 32.3. The molecule has 0 bridgehead atoms. The molecule has 0 radical (unpaired) electrons. The zero-order chi connectivity index (χ0) is 31.9. The summed E-state index contributed by atoms with van der Waals surface area (Å²) >= 11 is 1.51. The number of H-pyrrole nitrogens is 1. The lowest BCUT2D eigenvalue weighted by Crippen LogP contribution is -2.53. The van der Waals surface area contributed by atoms with Crippen molar-refractivity contribution in [1.82, 2.24) is 9.97 Å². The van der Waals surface area contributed by atoms with E-state index in [9.17, 15) is 31.1 Å². The van der Waals surface area contributed by atoms with Gasteiger partial charge in [0.1, 0.15) is 5.97 Å². The number of imidazole rings is 1. The number of hydrogen-bond acceptors (Lipinski definition) is 6. The molecule has 0 unspecified atom stereocenters. The summed E-state index contributed by atoms with van der Waals surface area (Å²) in [5.41, 5.74) is 8.21. The van der Waals surface area contributed by atoms with Gasteiger partial charge in [0.25, 0.3) is 0 Å². The molecule has 0 saturated carbocycles. The number of hydrogen-bond donors (Lipinski definition) is 3. The number of anilines is 1. The molecule has 2 amide bonds. The van der Waals surface area contributed by atoms with E-state index in [1.54, 1.807) is 22.1 Å². The number of urea groups is 1. The van der Waals surface area contributed by atoms with E-state index in [4.69, 9.17) is 19.8 Å². The van der Waals surface area contributed by atoms with Crippen LogP contribution in [0.5, 0.6) is 0 Å². The molecule has 0 spiro atoms. The molecule has 0 aliphatic heterocycles. The summed E-state index contributed by atoms with van der Waals surface area (Å²) in [6.07, 6.45) is -10.3. The van der Waals surface area contributed by atoms with Crippen LogP contribution in [0, 0.1) is 0 Å². The maximum atomic E-state index is 13.2. The Morgan fingerprint density at radius 1 is 0.953 bits per heavy atom. The molecular formula is C26H19F6N5O5S. The number of carboxylic acids is 2. The summed E-state index contributed by atoms with van der Waals surface area (Å²) in [6, 6.07) is 21.6. The lowest BCUT2D eigenvalue weighted by atomic mass is 10.1. The van der Waals surface area contributed by atoms with Crippen molar-refractivity contribution in [2.24, 2.45) is 0 Å². The number of rotatable bonds is 3. The van der Waals surface area contributed by atoms with Crippen LogP contribution < -0.4 is 20.1 Å². The van der Waals surface area contributed by atoms with Crippen LogP contribution in [0.3, 0.4) is 0 Å². The normalized spacial score (nSPS) is 11.1. The second-order valence-corrected chi connectivity index (χ2v) is 8.98. The van der Waals surface area contributed by atoms with E-state index in [1.807, 2.05) is 72.1 Å². The highest BCUT2D eigenvalue weighted by Gasteiger charge is 2.38. The molecule has 0 aliphatic carbocycles. The summed E-state index contributed by atoms with van der Waals surface area (Å²) in [7, 11) is 1.77. The van der Waals surface area contributed by atoms with Crippen molar-refractivity contribution < 1.29 is 55.6 Å². The van der Waals surface area contributed by atoms with E-state index >= 15 is 0 Å². The van der Waals surface area contributed by atoms with Crippen LogP contribution in [-0.4, -0.2) is 52.4 Å². The number of alkyl halides is 6. The summed E-state index contributed by atoms with van der Waals surface area (Å²) in [5, 5.41) is 20.0. The molecular weight excluding hydrogens is 608 g/mol. The van der Waals surface area contributed by atoms with Gasteiger partial charge >= 0.3 is 30.2 Å². The average Bonchev–Trinajstić information content (AvgIpc) is 3.60. The number of thiazole rings is 1. The fourth-order valence-corrected chi connectivity index (χ4v) is 4.02. The van der Waals surface area contributed by atoms with Crippen LogP contribution >= 0.6 is 11.3 Å². The van der Waals surface area contributed by atoms with Gasteiger partial charge in [0, 0.05) is 17.8 Å². The number of aromatic amines is 1. The first-order chi connectivity index (χ1) is 20.1. The minimum Gasteiger partial charge on any atom is -0.542 e. The minimum atomic E-state index is -5.19. The highest BCUT2D eigenvalue weighted by molar-refractivity contribution is 7.07. The van der Waals surface area contributed by atoms with Gasteiger partial charge in [0.05, 0.1) is 11.2 Å². The number of amides is 2. The number of nitrogens with one attached hydrogen (secondary N) is 2. The van der Waals surface area contributed by atoms with E-state index in [0.29, 0.717) is 0 Å². The number of nitrogens with zero attached hydrogens (tertiary/aromatic N) is 3. The highest BCUT2D eigenvalue weighted by Crippen LogP contribution is 2.26. The minimum absolute atomic E-state index is 0.243. The molecule has 226 valence electrons. The molecule has 2 heterocycles. The third kappa shape index (κ3) is 8.19. The molecule has 43 heavy (non-hydrogen) atoms. The van der Waals surface area contributed by atoms with Crippen molar-refractivity contribution in [2.75, 3.05) is 17.4 Å². The van der Waals surface area contributed by atoms with Crippen LogP contribution in [0.25, 0.3) is 33.3 Å². The van der Waals surface area contributed by atoms with Crippen molar-refractivity contribution in [3.05, 3.63) is 77.6 Å². The van der Waals surface area contributed by atoms with Gasteiger partial charge < -0.3 is 15.0 Å². The topological polar surface area (TPSA) is 142 Å². The second-order valence-electron chi connectivity index (χ2n) is 8.26. The third-order valence-corrected chi connectivity index (χ3v) is 6.00. The molecule has 17 heteroatoms. The molecule has 0 fully saturated rings. The van der Waals surface area contributed by atoms with Gasteiger partial charge in [-0.3, -0.25) is 4.90 Å². The van der Waals surface area contributed by atoms with Crippen LogP contribution in [0.4, 0.5) is 36.8 Å². The molecule has 5 aromatic rings. The third-order valence-electron chi connectivity index (χ3n) is 5.41. The Bertz CT molecular complexity index is 1710. The summed E-state index contributed by atoms with van der Waals surface area (Å²) in [6.45, 7) is 0. The number of para-hydroxylation sites is 2. The number of carboxylic acid groups (broad SMARTS) is 2. The fourth-order valence-electron chi connectivity index (χ4n) is 3.48. The SMILES string of the molecule is CN(C(=O)N[n+]1c(-c2cscn2)[nH]c2ccccc21)c1cccc2ccccc12.O=C(O)C(F)(F)F.O=C([O-])C(F)(F)F. The molecule has 5 rings (SSSR count). The Morgan fingerprint density at radius 2 is 1.53 bits per heavy atom. The zero-order valence-corrected chi connectivity index (χ0v) is 22.4. The number of aliphatic carboxylic acids is 2. The molecule has 0 atom stereocenters. The number of halogens is 6. The van der Waals surface area contributed by atoms with Crippen LogP contribution in [-0.2, 0) is 9.59 Å². The van der Waals surface area contributed by atoms with Gasteiger partial charge in [-0.1, -0.05) is 48.5 Å². The van der Waals surface area contributed by atoms with Gasteiger partial charge in [0.15, 0.2) is 11.2 Å². The Kier molecular flexibility index (Phi) is 9.92. The predicted molar refractivity (Wildman–Crippen MR) is 141 cm³/mol. The molecule has 10 nitrogen and oxygen atoms in total. The van der Waals surface area contributed by atoms with Gasteiger partial charge in [0.2, 0.25) is 5.52 Å². The van der Waals surface area contributed by atoms with Gasteiger partial charge in [-0.2, -0.15) is 31.8 Å². The molecule has 3 aromatic carbocycles. The first-order valence-electron chi connectivity index (χ1n) is 11.6.